The number of rotatable bonds is 2. The fourth-order valence-corrected chi connectivity index (χ4v) is 1.34. The standard InChI is InChI=1S/C8H12O6/c1-14-6-4(10)2-8(13,3-9)7(12)5(6)11/h7,9,11-13H,2-3H2,1H3. The highest BCUT2D eigenvalue weighted by atomic mass is 16.5. The minimum absolute atomic E-state index is 0.379. The summed E-state index contributed by atoms with van der Waals surface area (Å²) in [6.07, 6.45) is -2.20. The fourth-order valence-electron chi connectivity index (χ4n) is 1.34. The first kappa shape index (κ1) is 11.0. The number of hydrogen-bond donors (Lipinski definition) is 4. The zero-order valence-corrected chi connectivity index (χ0v) is 7.60. The first-order valence-corrected chi connectivity index (χ1v) is 3.98. The van der Waals surface area contributed by atoms with Crippen molar-refractivity contribution in [3.05, 3.63) is 11.5 Å². The van der Waals surface area contributed by atoms with E-state index in [1.54, 1.807) is 0 Å². The van der Waals surface area contributed by atoms with Crippen LogP contribution >= 0.6 is 0 Å². The minimum Gasteiger partial charge on any atom is -0.506 e. The zero-order chi connectivity index (χ0) is 10.9. The van der Waals surface area contributed by atoms with Crippen LogP contribution in [-0.2, 0) is 9.53 Å². The average Bonchev–Trinajstić information content (AvgIpc) is 2.15. The fraction of sp³-hybridized carbons (Fsp3) is 0.625. The highest BCUT2D eigenvalue weighted by Gasteiger charge is 2.46. The van der Waals surface area contributed by atoms with Gasteiger partial charge >= 0.3 is 0 Å². The summed E-state index contributed by atoms with van der Waals surface area (Å²) in [5.41, 5.74) is -2.02. The topological polar surface area (TPSA) is 107 Å². The average molecular weight is 204 g/mol. The molecule has 0 aliphatic heterocycles. The van der Waals surface area contributed by atoms with Crippen LogP contribution < -0.4 is 0 Å². The molecule has 6 nitrogen and oxygen atoms in total. The van der Waals surface area contributed by atoms with Gasteiger partial charge in [-0.1, -0.05) is 0 Å². The molecule has 80 valence electrons. The smallest absolute Gasteiger partial charge is 0.204 e. The molecule has 0 amide bonds. The number of Topliss-reactive ketones (excluding diaryl/α,β-unsaturated/α-hetero) is 1. The van der Waals surface area contributed by atoms with Crippen molar-refractivity contribution < 1.29 is 30.0 Å². The Balaban J connectivity index is 3.11. The van der Waals surface area contributed by atoms with Gasteiger partial charge in [0.1, 0.15) is 11.7 Å². The lowest BCUT2D eigenvalue weighted by Crippen LogP contribution is -2.52. The third-order valence-electron chi connectivity index (χ3n) is 2.20. The van der Waals surface area contributed by atoms with Gasteiger partial charge in [0.05, 0.1) is 13.7 Å². The lowest BCUT2D eigenvalue weighted by Gasteiger charge is -2.34. The van der Waals surface area contributed by atoms with E-state index in [1.807, 2.05) is 0 Å². The molecule has 1 aliphatic rings. The SMILES string of the molecule is COC1=C(O)C(O)C(O)(CO)CC1=O. The van der Waals surface area contributed by atoms with Gasteiger partial charge < -0.3 is 25.2 Å². The maximum absolute atomic E-state index is 11.2. The monoisotopic (exact) mass is 204 g/mol. The lowest BCUT2D eigenvalue weighted by atomic mass is 9.84. The highest BCUT2D eigenvalue weighted by Crippen LogP contribution is 2.29. The van der Waals surface area contributed by atoms with Gasteiger partial charge in [-0.2, -0.15) is 0 Å². The third kappa shape index (κ3) is 1.47. The molecule has 4 N–H and O–H groups in total. The number of carbonyl (C=O) groups is 1. The van der Waals surface area contributed by atoms with Gasteiger partial charge in [0.2, 0.25) is 11.5 Å². The number of ketones is 1. The molecule has 0 saturated carbocycles. The van der Waals surface area contributed by atoms with Gasteiger partial charge in [-0.3, -0.25) is 4.79 Å². The van der Waals surface area contributed by atoms with Gasteiger partial charge in [-0.25, -0.2) is 0 Å². The summed E-state index contributed by atoms with van der Waals surface area (Å²) in [7, 11) is 1.17. The molecule has 2 unspecified atom stereocenters. The normalized spacial score (nSPS) is 33.4. The van der Waals surface area contributed by atoms with Gasteiger partial charge in [0.15, 0.2) is 5.76 Å². The predicted molar refractivity (Wildman–Crippen MR) is 44.3 cm³/mol. The molecule has 0 radical (unpaired) electrons. The molecule has 1 rings (SSSR count). The van der Waals surface area contributed by atoms with Crippen molar-refractivity contribution in [1.82, 2.24) is 0 Å². The molecular weight excluding hydrogens is 192 g/mol. The summed E-state index contributed by atoms with van der Waals surface area (Å²) < 4.78 is 4.55. The molecule has 0 spiro atoms. The molecule has 0 fully saturated rings. The molecule has 0 aromatic rings. The molecule has 0 heterocycles. The van der Waals surface area contributed by atoms with E-state index in [0.29, 0.717) is 0 Å². The van der Waals surface area contributed by atoms with Gasteiger partial charge in [-0.05, 0) is 0 Å². The van der Waals surface area contributed by atoms with Gasteiger partial charge in [0, 0.05) is 6.42 Å². The number of carbonyl (C=O) groups excluding carboxylic acids is 1. The molecule has 14 heavy (non-hydrogen) atoms. The molecule has 1 aliphatic carbocycles. The van der Waals surface area contributed by atoms with Gasteiger partial charge in [-0.15, -0.1) is 0 Å². The van der Waals surface area contributed by atoms with Gasteiger partial charge in [0.25, 0.3) is 0 Å². The number of allylic oxidation sites excluding steroid dienone is 1. The van der Waals surface area contributed by atoms with E-state index in [0.717, 1.165) is 0 Å². The summed E-state index contributed by atoms with van der Waals surface area (Å²) >= 11 is 0. The largest absolute Gasteiger partial charge is 0.506 e. The summed E-state index contributed by atoms with van der Waals surface area (Å²) in [5.74, 6) is -1.79. The zero-order valence-electron chi connectivity index (χ0n) is 7.60. The van der Waals surface area contributed by atoms with Crippen LogP contribution in [0.3, 0.4) is 0 Å². The Morgan fingerprint density at radius 2 is 2.21 bits per heavy atom. The lowest BCUT2D eigenvalue weighted by molar-refractivity contribution is -0.145. The van der Waals surface area contributed by atoms with Crippen LogP contribution in [0, 0.1) is 0 Å². The molecule has 0 saturated heterocycles. The van der Waals surface area contributed by atoms with E-state index in [4.69, 9.17) is 5.11 Å². The quantitative estimate of drug-likeness (QED) is 0.434. The summed E-state index contributed by atoms with van der Waals surface area (Å²) in [6.45, 7) is -0.818. The van der Waals surface area contributed by atoms with Crippen molar-refractivity contribution in [2.75, 3.05) is 13.7 Å². The van der Waals surface area contributed by atoms with E-state index in [-0.39, 0.29) is 5.76 Å². The number of aliphatic hydroxyl groups excluding tert-OH is 3. The van der Waals surface area contributed by atoms with E-state index in [1.165, 1.54) is 7.11 Å². The number of aliphatic hydroxyl groups is 4. The molecule has 0 bridgehead atoms. The van der Waals surface area contributed by atoms with Crippen molar-refractivity contribution in [2.24, 2.45) is 0 Å². The van der Waals surface area contributed by atoms with Crippen LogP contribution in [0.1, 0.15) is 6.42 Å². The summed E-state index contributed by atoms with van der Waals surface area (Å²) in [4.78, 5) is 11.2. The van der Waals surface area contributed by atoms with Crippen LogP contribution in [0.15, 0.2) is 11.5 Å². The molecule has 0 aromatic carbocycles. The van der Waals surface area contributed by atoms with E-state index in [2.05, 4.69) is 4.74 Å². The van der Waals surface area contributed by atoms with Crippen LogP contribution in [0.5, 0.6) is 0 Å². The second-order valence-corrected chi connectivity index (χ2v) is 3.18. The summed E-state index contributed by atoms with van der Waals surface area (Å²) in [6, 6.07) is 0. The summed E-state index contributed by atoms with van der Waals surface area (Å²) in [5, 5.41) is 37.0. The Kier molecular flexibility index (Phi) is 2.79. The Morgan fingerprint density at radius 3 is 2.64 bits per heavy atom. The van der Waals surface area contributed by atoms with E-state index >= 15 is 0 Å². The molecule has 6 heteroatoms. The van der Waals surface area contributed by atoms with E-state index < -0.39 is 36.3 Å². The molecular formula is C8H12O6. The van der Waals surface area contributed by atoms with Crippen molar-refractivity contribution in [2.45, 2.75) is 18.1 Å². The Labute approximate surface area is 80.1 Å². The Hall–Kier alpha value is -1.11. The maximum Gasteiger partial charge on any atom is 0.204 e. The second-order valence-electron chi connectivity index (χ2n) is 3.18. The van der Waals surface area contributed by atoms with Crippen molar-refractivity contribution in [3.8, 4) is 0 Å². The van der Waals surface area contributed by atoms with Crippen molar-refractivity contribution in [3.63, 3.8) is 0 Å². The predicted octanol–water partition coefficient (Wildman–Crippen LogP) is -1.54. The molecule has 2 atom stereocenters. The van der Waals surface area contributed by atoms with Crippen molar-refractivity contribution >= 4 is 5.78 Å². The maximum atomic E-state index is 11.2. The highest BCUT2D eigenvalue weighted by molar-refractivity contribution is 5.96. The minimum atomic E-state index is -2.02. The third-order valence-corrected chi connectivity index (χ3v) is 2.20. The number of ether oxygens (including phenoxy) is 1. The van der Waals surface area contributed by atoms with Crippen molar-refractivity contribution in [1.29, 1.82) is 0 Å². The van der Waals surface area contributed by atoms with Crippen LogP contribution in [-0.4, -0.2) is 51.6 Å². The van der Waals surface area contributed by atoms with E-state index in [9.17, 15) is 20.1 Å². The first-order chi connectivity index (χ1) is 6.46. The van der Waals surface area contributed by atoms with Crippen LogP contribution in [0.4, 0.5) is 0 Å². The van der Waals surface area contributed by atoms with Crippen LogP contribution in [0.25, 0.3) is 0 Å². The Bertz CT molecular complexity index is 284. The Morgan fingerprint density at radius 1 is 1.64 bits per heavy atom. The number of hydrogen-bond acceptors (Lipinski definition) is 6. The first-order valence-electron chi connectivity index (χ1n) is 3.98. The van der Waals surface area contributed by atoms with Crippen LogP contribution in [0.2, 0.25) is 0 Å². The second kappa shape index (κ2) is 3.56. The number of methoxy groups -OCH3 is 1. The molecule has 0 aromatic heterocycles.